The average molecular weight is 292 g/mol. The van der Waals surface area contributed by atoms with Gasteiger partial charge in [-0.25, -0.2) is 15.0 Å². The number of fused-ring (bicyclic) bond motifs is 1. The van der Waals surface area contributed by atoms with Crippen molar-refractivity contribution in [3.8, 4) is 0 Å². The lowest BCUT2D eigenvalue weighted by Gasteiger charge is -2.07. The number of aromatic nitrogens is 3. The SMILES string of the molecule is FC(F)(F)c1ccc2c(CBr)ncnc2n1. The number of nitrogens with zero attached hydrogens (tertiary/aromatic N) is 3. The topological polar surface area (TPSA) is 38.7 Å². The molecule has 84 valence electrons. The van der Waals surface area contributed by atoms with Crippen LogP contribution in [0.5, 0.6) is 0 Å². The van der Waals surface area contributed by atoms with E-state index in [1.165, 1.54) is 12.4 Å². The maximum absolute atomic E-state index is 12.4. The molecule has 2 aromatic rings. The van der Waals surface area contributed by atoms with Crippen LogP contribution in [0.3, 0.4) is 0 Å². The summed E-state index contributed by atoms with van der Waals surface area (Å²) in [5.74, 6) is 0. The number of hydrogen-bond acceptors (Lipinski definition) is 3. The van der Waals surface area contributed by atoms with Crippen molar-refractivity contribution in [1.82, 2.24) is 15.0 Å². The van der Waals surface area contributed by atoms with Crippen molar-refractivity contribution >= 4 is 27.0 Å². The summed E-state index contributed by atoms with van der Waals surface area (Å²) >= 11 is 3.20. The van der Waals surface area contributed by atoms with Crippen molar-refractivity contribution in [2.75, 3.05) is 0 Å². The first-order valence-electron chi connectivity index (χ1n) is 4.26. The zero-order chi connectivity index (χ0) is 11.8. The molecule has 0 fully saturated rings. The Bertz CT molecular complexity index is 527. The van der Waals surface area contributed by atoms with Crippen molar-refractivity contribution < 1.29 is 13.2 Å². The summed E-state index contributed by atoms with van der Waals surface area (Å²) in [5.41, 5.74) is -0.273. The molecule has 0 aromatic carbocycles. The summed E-state index contributed by atoms with van der Waals surface area (Å²) in [5, 5.41) is 0.964. The second kappa shape index (κ2) is 3.97. The molecule has 0 saturated carbocycles. The number of alkyl halides is 4. The first kappa shape index (κ1) is 11.3. The summed E-state index contributed by atoms with van der Waals surface area (Å²) in [6.07, 6.45) is -3.25. The summed E-state index contributed by atoms with van der Waals surface area (Å²) < 4.78 is 37.1. The monoisotopic (exact) mass is 291 g/mol. The molecule has 7 heteroatoms. The molecule has 0 aliphatic rings. The first-order valence-corrected chi connectivity index (χ1v) is 5.38. The molecular formula is C9H5BrF3N3. The van der Waals surface area contributed by atoms with Crippen molar-refractivity contribution in [2.24, 2.45) is 0 Å². The minimum Gasteiger partial charge on any atom is -0.240 e. The van der Waals surface area contributed by atoms with E-state index in [9.17, 15) is 13.2 Å². The summed E-state index contributed by atoms with van der Waals surface area (Å²) in [7, 11) is 0. The Balaban J connectivity index is 2.64. The predicted octanol–water partition coefficient (Wildman–Crippen LogP) is 2.94. The van der Waals surface area contributed by atoms with Gasteiger partial charge < -0.3 is 0 Å². The highest BCUT2D eigenvalue weighted by Crippen LogP contribution is 2.29. The van der Waals surface area contributed by atoms with Crippen LogP contribution in [0.4, 0.5) is 13.2 Å². The lowest BCUT2D eigenvalue weighted by molar-refractivity contribution is -0.141. The van der Waals surface area contributed by atoms with Crippen molar-refractivity contribution in [3.05, 3.63) is 29.8 Å². The van der Waals surface area contributed by atoms with Crippen LogP contribution in [0, 0.1) is 0 Å². The van der Waals surface area contributed by atoms with Crippen LogP contribution >= 0.6 is 15.9 Å². The molecule has 0 radical (unpaired) electrons. The van der Waals surface area contributed by atoms with E-state index in [2.05, 4.69) is 30.9 Å². The molecule has 0 unspecified atom stereocenters. The Morgan fingerprint density at radius 1 is 1.19 bits per heavy atom. The van der Waals surface area contributed by atoms with E-state index in [0.29, 0.717) is 16.4 Å². The lowest BCUT2D eigenvalue weighted by Crippen LogP contribution is -2.08. The van der Waals surface area contributed by atoms with Crippen LogP contribution in [0.15, 0.2) is 18.5 Å². The third kappa shape index (κ3) is 1.99. The van der Waals surface area contributed by atoms with E-state index in [1.54, 1.807) is 0 Å². The van der Waals surface area contributed by atoms with Crippen molar-refractivity contribution in [3.63, 3.8) is 0 Å². The molecule has 0 aliphatic heterocycles. The molecular weight excluding hydrogens is 287 g/mol. The van der Waals surface area contributed by atoms with Gasteiger partial charge in [0.05, 0.1) is 5.69 Å². The Hall–Kier alpha value is -1.24. The minimum absolute atomic E-state index is 0.0549. The maximum Gasteiger partial charge on any atom is 0.433 e. The predicted molar refractivity (Wildman–Crippen MR) is 55.0 cm³/mol. The van der Waals surface area contributed by atoms with Gasteiger partial charge in [-0.15, -0.1) is 0 Å². The third-order valence-electron chi connectivity index (χ3n) is 2.00. The second-order valence-electron chi connectivity index (χ2n) is 3.02. The van der Waals surface area contributed by atoms with Gasteiger partial charge in [0, 0.05) is 10.7 Å². The number of hydrogen-bond donors (Lipinski definition) is 0. The molecule has 0 N–H and O–H groups in total. The van der Waals surface area contributed by atoms with E-state index in [4.69, 9.17) is 0 Å². The highest BCUT2D eigenvalue weighted by Gasteiger charge is 2.32. The van der Waals surface area contributed by atoms with Crippen LogP contribution in [0.25, 0.3) is 11.0 Å². The molecule has 0 amide bonds. The van der Waals surface area contributed by atoms with Gasteiger partial charge in [0.15, 0.2) is 5.65 Å². The minimum atomic E-state index is -4.45. The second-order valence-corrected chi connectivity index (χ2v) is 3.58. The number of rotatable bonds is 1. The maximum atomic E-state index is 12.4. The van der Waals surface area contributed by atoms with Crippen LogP contribution in [-0.4, -0.2) is 15.0 Å². The van der Waals surface area contributed by atoms with Crippen LogP contribution in [0.1, 0.15) is 11.4 Å². The molecule has 0 saturated heterocycles. The van der Waals surface area contributed by atoms with Crippen LogP contribution in [0.2, 0.25) is 0 Å². The highest BCUT2D eigenvalue weighted by molar-refractivity contribution is 9.08. The average Bonchev–Trinajstić information content (AvgIpc) is 2.26. The molecule has 2 heterocycles. The van der Waals surface area contributed by atoms with Crippen LogP contribution < -0.4 is 0 Å². The fourth-order valence-electron chi connectivity index (χ4n) is 1.26. The third-order valence-corrected chi connectivity index (χ3v) is 2.53. The Kier molecular flexibility index (Phi) is 2.79. The zero-order valence-corrected chi connectivity index (χ0v) is 9.38. The van der Waals surface area contributed by atoms with Gasteiger partial charge in [-0.05, 0) is 12.1 Å². The van der Waals surface area contributed by atoms with Gasteiger partial charge >= 0.3 is 6.18 Å². The van der Waals surface area contributed by atoms with Crippen LogP contribution in [-0.2, 0) is 11.5 Å². The van der Waals surface area contributed by atoms with Gasteiger partial charge in [-0.3, -0.25) is 0 Å². The molecule has 2 aromatic heterocycles. The lowest BCUT2D eigenvalue weighted by atomic mass is 10.2. The smallest absolute Gasteiger partial charge is 0.240 e. The van der Waals surface area contributed by atoms with E-state index in [1.807, 2.05) is 0 Å². The summed E-state index contributed by atoms with van der Waals surface area (Å²) in [6.45, 7) is 0. The number of pyridine rings is 1. The summed E-state index contributed by atoms with van der Waals surface area (Å²) in [4.78, 5) is 11.1. The fraction of sp³-hybridized carbons (Fsp3) is 0.222. The normalized spacial score (nSPS) is 12.0. The van der Waals surface area contributed by atoms with E-state index in [-0.39, 0.29) is 5.65 Å². The molecule has 16 heavy (non-hydrogen) atoms. The van der Waals surface area contributed by atoms with E-state index in [0.717, 1.165) is 6.07 Å². The quantitative estimate of drug-likeness (QED) is 0.758. The largest absolute Gasteiger partial charge is 0.433 e. The molecule has 0 bridgehead atoms. The van der Waals surface area contributed by atoms with Gasteiger partial charge in [0.2, 0.25) is 0 Å². The fourth-order valence-corrected chi connectivity index (χ4v) is 1.71. The number of halogens is 4. The van der Waals surface area contributed by atoms with Gasteiger partial charge in [-0.2, -0.15) is 13.2 Å². The van der Waals surface area contributed by atoms with E-state index >= 15 is 0 Å². The molecule has 3 nitrogen and oxygen atoms in total. The van der Waals surface area contributed by atoms with Crippen molar-refractivity contribution in [2.45, 2.75) is 11.5 Å². The Labute approximate surface area is 96.9 Å². The van der Waals surface area contributed by atoms with Gasteiger partial charge in [0.1, 0.15) is 12.0 Å². The summed E-state index contributed by atoms with van der Waals surface area (Å²) in [6, 6.07) is 2.26. The molecule has 0 atom stereocenters. The molecule has 0 aliphatic carbocycles. The first-order chi connectivity index (χ1) is 7.52. The van der Waals surface area contributed by atoms with E-state index < -0.39 is 11.9 Å². The Morgan fingerprint density at radius 2 is 1.94 bits per heavy atom. The van der Waals surface area contributed by atoms with Crippen molar-refractivity contribution in [1.29, 1.82) is 0 Å². The van der Waals surface area contributed by atoms with Gasteiger partial charge in [0.25, 0.3) is 0 Å². The van der Waals surface area contributed by atoms with Gasteiger partial charge in [-0.1, -0.05) is 15.9 Å². The standard InChI is InChI=1S/C9H5BrF3N3/c10-3-6-5-1-2-7(9(11,12)13)16-8(5)15-4-14-6/h1-2,4H,3H2. The zero-order valence-electron chi connectivity index (χ0n) is 7.79. The molecule has 0 spiro atoms. The Morgan fingerprint density at radius 3 is 2.56 bits per heavy atom. The highest BCUT2D eigenvalue weighted by atomic mass is 79.9. The molecule has 2 rings (SSSR count).